The minimum absolute atomic E-state index is 0.0589. The SMILES string of the molecule is O=C(CCCCO)Nc1cnn(CC(=O)NC2CC2)c1. The summed E-state index contributed by atoms with van der Waals surface area (Å²) >= 11 is 0. The van der Waals surface area contributed by atoms with Crippen LogP contribution in [-0.4, -0.2) is 39.4 Å². The number of nitrogens with one attached hydrogen (secondary N) is 2. The van der Waals surface area contributed by atoms with Crippen LogP contribution < -0.4 is 10.6 Å². The molecule has 1 saturated carbocycles. The molecule has 2 rings (SSSR count). The number of aliphatic hydroxyl groups excluding tert-OH is 1. The van der Waals surface area contributed by atoms with E-state index in [1.165, 1.54) is 10.9 Å². The summed E-state index contributed by atoms with van der Waals surface area (Å²) < 4.78 is 1.50. The van der Waals surface area contributed by atoms with E-state index in [9.17, 15) is 9.59 Å². The third kappa shape index (κ3) is 5.00. The van der Waals surface area contributed by atoms with Crippen molar-refractivity contribution < 1.29 is 14.7 Å². The van der Waals surface area contributed by atoms with E-state index in [-0.39, 0.29) is 25.0 Å². The Hall–Kier alpha value is -1.89. The number of rotatable bonds is 8. The molecule has 1 aromatic rings. The highest BCUT2D eigenvalue weighted by molar-refractivity contribution is 5.90. The number of nitrogens with zero attached hydrogens (tertiary/aromatic N) is 2. The number of aliphatic hydroxyl groups is 1. The van der Waals surface area contributed by atoms with Gasteiger partial charge in [0, 0.05) is 25.3 Å². The maximum atomic E-state index is 11.6. The lowest BCUT2D eigenvalue weighted by molar-refractivity contribution is -0.122. The predicted molar refractivity (Wildman–Crippen MR) is 73.0 cm³/mol. The lowest BCUT2D eigenvalue weighted by Crippen LogP contribution is -2.29. The first kappa shape index (κ1) is 14.5. The Labute approximate surface area is 117 Å². The highest BCUT2D eigenvalue weighted by atomic mass is 16.3. The van der Waals surface area contributed by atoms with Crippen LogP contribution in [0, 0.1) is 0 Å². The van der Waals surface area contributed by atoms with Crippen molar-refractivity contribution in [1.82, 2.24) is 15.1 Å². The molecule has 2 amide bonds. The molecule has 0 radical (unpaired) electrons. The van der Waals surface area contributed by atoms with Gasteiger partial charge in [-0.05, 0) is 25.7 Å². The summed E-state index contributed by atoms with van der Waals surface area (Å²) in [7, 11) is 0. The van der Waals surface area contributed by atoms with Crippen molar-refractivity contribution in [3.05, 3.63) is 12.4 Å². The zero-order valence-electron chi connectivity index (χ0n) is 11.3. The molecule has 1 aliphatic carbocycles. The van der Waals surface area contributed by atoms with Crippen LogP contribution in [-0.2, 0) is 16.1 Å². The molecule has 1 fully saturated rings. The van der Waals surface area contributed by atoms with E-state index in [0.29, 0.717) is 31.0 Å². The Morgan fingerprint density at radius 3 is 2.85 bits per heavy atom. The standard InChI is InChI=1S/C13H20N4O3/c18-6-2-1-3-12(19)16-11-7-14-17(8-11)9-13(20)15-10-4-5-10/h7-8,10,18H,1-6,9H2,(H,15,20)(H,16,19). The summed E-state index contributed by atoms with van der Waals surface area (Å²) in [5.74, 6) is -0.170. The number of hydrogen-bond acceptors (Lipinski definition) is 4. The molecule has 7 heteroatoms. The van der Waals surface area contributed by atoms with E-state index in [2.05, 4.69) is 15.7 Å². The second-order valence-electron chi connectivity index (χ2n) is 5.00. The van der Waals surface area contributed by atoms with Crippen molar-refractivity contribution in [1.29, 1.82) is 0 Å². The van der Waals surface area contributed by atoms with Gasteiger partial charge < -0.3 is 15.7 Å². The number of carbonyl (C=O) groups is 2. The van der Waals surface area contributed by atoms with Gasteiger partial charge in [0.15, 0.2) is 0 Å². The molecule has 0 atom stereocenters. The zero-order valence-corrected chi connectivity index (χ0v) is 11.3. The van der Waals surface area contributed by atoms with Crippen molar-refractivity contribution >= 4 is 17.5 Å². The Morgan fingerprint density at radius 2 is 2.15 bits per heavy atom. The topological polar surface area (TPSA) is 96.2 Å². The first-order chi connectivity index (χ1) is 9.67. The molecule has 0 spiro atoms. The van der Waals surface area contributed by atoms with Gasteiger partial charge in [-0.15, -0.1) is 0 Å². The van der Waals surface area contributed by atoms with E-state index >= 15 is 0 Å². The van der Waals surface area contributed by atoms with Gasteiger partial charge in [0.25, 0.3) is 0 Å². The Kier molecular flexibility index (Phi) is 5.11. The molecular formula is C13H20N4O3. The predicted octanol–water partition coefficient (Wildman–Crippen LogP) is 0.263. The normalized spacial score (nSPS) is 14.1. The highest BCUT2D eigenvalue weighted by Gasteiger charge is 2.23. The van der Waals surface area contributed by atoms with Gasteiger partial charge in [-0.3, -0.25) is 14.3 Å². The first-order valence-corrected chi connectivity index (χ1v) is 6.90. The average molecular weight is 280 g/mol. The summed E-state index contributed by atoms with van der Waals surface area (Å²) in [6, 6.07) is 0.337. The smallest absolute Gasteiger partial charge is 0.241 e. The van der Waals surface area contributed by atoms with E-state index in [4.69, 9.17) is 5.11 Å². The van der Waals surface area contributed by atoms with Gasteiger partial charge in [-0.1, -0.05) is 0 Å². The number of unbranched alkanes of at least 4 members (excludes halogenated alkanes) is 1. The van der Waals surface area contributed by atoms with Crippen molar-refractivity contribution in [2.45, 2.75) is 44.7 Å². The summed E-state index contributed by atoms with van der Waals surface area (Å²) in [6.07, 6.45) is 6.91. The molecule has 0 aliphatic heterocycles. The van der Waals surface area contributed by atoms with Crippen molar-refractivity contribution in [3.63, 3.8) is 0 Å². The van der Waals surface area contributed by atoms with Crippen LogP contribution in [0.25, 0.3) is 0 Å². The van der Waals surface area contributed by atoms with Crippen LogP contribution in [0.1, 0.15) is 32.1 Å². The summed E-state index contributed by atoms with van der Waals surface area (Å²) in [5, 5.41) is 18.3. The molecule has 3 N–H and O–H groups in total. The fourth-order valence-corrected chi connectivity index (χ4v) is 1.78. The van der Waals surface area contributed by atoms with Crippen LogP contribution in [0.4, 0.5) is 5.69 Å². The van der Waals surface area contributed by atoms with Gasteiger partial charge in [0.1, 0.15) is 6.54 Å². The number of hydrogen-bond donors (Lipinski definition) is 3. The Bertz CT molecular complexity index is 468. The van der Waals surface area contributed by atoms with Gasteiger partial charge in [-0.25, -0.2) is 0 Å². The molecule has 20 heavy (non-hydrogen) atoms. The summed E-state index contributed by atoms with van der Waals surface area (Å²) in [4.78, 5) is 23.1. The Morgan fingerprint density at radius 1 is 1.35 bits per heavy atom. The van der Waals surface area contributed by atoms with Crippen molar-refractivity contribution in [2.75, 3.05) is 11.9 Å². The quantitative estimate of drug-likeness (QED) is 0.595. The Balaban J connectivity index is 1.73. The molecule has 0 saturated heterocycles. The van der Waals surface area contributed by atoms with Crippen LogP contribution in [0.5, 0.6) is 0 Å². The van der Waals surface area contributed by atoms with Crippen LogP contribution in [0.3, 0.4) is 0 Å². The van der Waals surface area contributed by atoms with E-state index in [0.717, 1.165) is 12.8 Å². The highest BCUT2D eigenvalue weighted by Crippen LogP contribution is 2.18. The number of carbonyl (C=O) groups excluding carboxylic acids is 2. The largest absolute Gasteiger partial charge is 0.396 e. The minimum atomic E-state index is -0.111. The summed E-state index contributed by atoms with van der Waals surface area (Å²) in [5.41, 5.74) is 0.582. The molecular weight excluding hydrogens is 260 g/mol. The zero-order chi connectivity index (χ0) is 14.4. The fourth-order valence-electron chi connectivity index (χ4n) is 1.78. The molecule has 0 bridgehead atoms. The van der Waals surface area contributed by atoms with Gasteiger partial charge in [-0.2, -0.15) is 5.10 Å². The van der Waals surface area contributed by atoms with Crippen LogP contribution >= 0.6 is 0 Å². The number of aromatic nitrogens is 2. The fraction of sp³-hybridized carbons (Fsp3) is 0.615. The molecule has 110 valence electrons. The lowest BCUT2D eigenvalue weighted by atomic mass is 10.2. The second-order valence-corrected chi connectivity index (χ2v) is 5.00. The molecule has 7 nitrogen and oxygen atoms in total. The van der Waals surface area contributed by atoms with Crippen LogP contribution in [0.15, 0.2) is 12.4 Å². The molecule has 0 aromatic carbocycles. The van der Waals surface area contributed by atoms with Crippen molar-refractivity contribution in [2.24, 2.45) is 0 Å². The third-order valence-corrected chi connectivity index (χ3v) is 2.98. The molecule has 1 aliphatic rings. The monoisotopic (exact) mass is 280 g/mol. The van der Waals surface area contributed by atoms with Gasteiger partial charge >= 0.3 is 0 Å². The number of amides is 2. The summed E-state index contributed by atoms with van der Waals surface area (Å²) in [6.45, 7) is 0.262. The van der Waals surface area contributed by atoms with Gasteiger partial charge in [0.05, 0.1) is 11.9 Å². The molecule has 0 unspecified atom stereocenters. The minimum Gasteiger partial charge on any atom is -0.396 e. The maximum Gasteiger partial charge on any atom is 0.241 e. The molecule has 1 aromatic heterocycles. The lowest BCUT2D eigenvalue weighted by Gasteiger charge is -2.03. The second kappa shape index (κ2) is 7.04. The van der Waals surface area contributed by atoms with Crippen LogP contribution in [0.2, 0.25) is 0 Å². The van der Waals surface area contributed by atoms with E-state index in [1.807, 2.05) is 0 Å². The molecule has 1 heterocycles. The third-order valence-electron chi connectivity index (χ3n) is 2.98. The average Bonchev–Trinajstić information content (AvgIpc) is 3.10. The van der Waals surface area contributed by atoms with E-state index in [1.54, 1.807) is 6.20 Å². The van der Waals surface area contributed by atoms with Gasteiger partial charge in [0.2, 0.25) is 11.8 Å². The van der Waals surface area contributed by atoms with E-state index < -0.39 is 0 Å². The van der Waals surface area contributed by atoms with Crippen molar-refractivity contribution in [3.8, 4) is 0 Å². The maximum absolute atomic E-state index is 11.6. The number of anilines is 1. The first-order valence-electron chi connectivity index (χ1n) is 6.90.